The number of carbonyl (C=O) groups excluding carboxylic acids is 2. The summed E-state index contributed by atoms with van der Waals surface area (Å²) in [7, 11) is 0. The van der Waals surface area contributed by atoms with Gasteiger partial charge in [0.1, 0.15) is 0 Å². The van der Waals surface area contributed by atoms with E-state index < -0.39 is 17.8 Å². The summed E-state index contributed by atoms with van der Waals surface area (Å²) in [4.78, 5) is 24.7. The van der Waals surface area contributed by atoms with Gasteiger partial charge in [0.2, 0.25) is 0 Å². The molecule has 1 aliphatic heterocycles. The van der Waals surface area contributed by atoms with Crippen LogP contribution in [0.1, 0.15) is 32.4 Å². The Hall–Kier alpha value is -1.92. The molecule has 0 radical (unpaired) electrons. The van der Waals surface area contributed by atoms with Crippen LogP contribution in [0.3, 0.4) is 0 Å². The Labute approximate surface area is 151 Å². The lowest BCUT2D eigenvalue weighted by Gasteiger charge is -2.32. The summed E-state index contributed by atoms with van der Waals surface area (Å²) in [6.45, 7) is 5.65. The highest BCUT2D eigenvalue weighted by molar-refractivity contribution is 7.80. The van der Waals surface area contributed by atoms with Crippen molar-refractivity contribution in [3.8, 4) is 0 Å². The van der Waals surface area contributed by atoms with Crippen molar-refractivity contribution in [3.05, 3.63) is 46.1 Å². The Morgan fingerprint density at radius 3 is 2.46 bits per heavy atom. The normalized spacial score (nSPS) is 17.4. The first-order valence-electron chi connectivity index (χ1n) is 7.63. The maximum absolute atomic E-state index is 12.7. The topological polar surface area (TPSA) is 67.4 Å². The number of rotatable bonds is 5. The Bertz CT molecular complexity index is 698. The van der Waals surface area contributed by atoms with E-state index in [4.69, 9.17) is 28.6 Å². The SMILES string of the molecule is CCOC(=O)C(=O)C1=C(C(C)C)NC(=S)N[C@@H]1c1ccc(Cl)cc1. The van der Waals surface area contributed by atoms with Gasteiger partial charge >= 0.3 is 5.97 Å². The summed E-state index contributed by atoms with van der Waals surface area (Å²) >= 11 is 11.2. The van der Waals surface area contributed by atoms with Crippen molar-refractivity contribution in [2.75, 3.05) is 6.61 Å². The molecule has 0 aromatic heterocycles. The molecule has 1 aromatic carbocycles. The summed E-state index contributed by atoms with van der Waals surface area (Å²) < 4.78 is 4.88. The van der Waals surface area contributed by atoms with Crippen molar-refractivity contribution in [1.29, 1.82) is 0 Å². The standard InChI is InChI=1S/C17H19ClN2O3S/c1-4-23-16(22)15(21)12-13(9(2)3)19-17(24)20-14(12)10-5-7-11(18)8-6-10/h5-9,14H,4H2,1-3H3,(H2,19,20,24)/t14-/m1/s1. The summed E-state index contributed by atoms with van der Waals surface area (Å²) in [5, 5.41) is 7.04. The lowest BCUT2D eigenvalue weighted by Crippen LogP contribution is -2.47. The van der Waals surface area contributed by atoms with Crippen LogP contribution in [0.5, 0.6) is 0 Å². The number of benzene rings is 1. The van der Waals surface area contributed by atoms with Gasteiger partial charge in [0.05, 0.1) is 18.2 Å². The van der Waals surface area contributed by atoms with Gasteiger partial charge in [-0.15, -0.1) is 0 Å². The number of esters is 1. The average molecular weight is 367 g/mol. The molecule has 0 amide bonds. The maximum Gasteiger partial charge on any atom is 0.379 e. The quantitative estimate of drug-likeness (QED) is 0.474. The van der Waals surface area contributed by atoms with E-state index in [2.05, 4.69) is 10.6 Å². The Morgan fingerprint density at radius 2 is 1.92 bits per heavy atom. The molecule has 0 spiro atoms. The molecular formula is C17H19ClN2O3S. The zero-order valence-electron chi connectivity index (χ0n) is 13.7. The van der Waals surface area contributed by atoms with Gasteiger partial charge in [0, 0.05) is 10.7 Å². The van der Waals surface area contributed by atoms with Crippen LogP contribution in [0, 0.1) is 5.92 Å². The molecule has 0 fully saturated rings. The van der Waals surface area contributed by atoms with Crippen molar-refractivity contribution in [3.63, 3.8) is 0 Å². The second-order valence-corrected chi connectivity index (χ2v) is 6.46. The zero-order valence-corrected chi connectivity index (χ0v) is 15.3. The fourth-order valence-electron chi connectivity index (χ4n) is 2.51. The molecule has 0 saturated heterocycles. The molecule has 1 aromatic rings. The van der Waals surface area contributed by atoms with E-state index in [1.165, 1.54) is 0 Å². The number of carbonyl (C=O) groups is 2. The van der Waals surface area contributed by atoms with Crippen LogP contribution >= 0.6 is 23.8 Å². The fraction of sp³-hybridized carbons (Fsp3) is 0.353. The lowest BCUT2D eigenvalue weighted by molar-refractivity contribution is -0.152. The van der Waals surface area contributed by atoms with E-state index >= 15 is 0 Å². The molecule has 5 nitrogen and oxygen atoms in total. The summed E-state index contributed by atoms with van der Waals surface area (Å²) in [5.74, 6) is -1.57. The molecule has 0 saturated carbocycles. The molecule has 1 atom stereocenters. The molecule has 0 bridgehead atoms. The van der Waals surface area contributed by atoms with Gasteiger partial charge in [-0.25, -0.2) is 4.79 Å². The monoisotopic (exact) mass is 366 g/mol. The van der Waals surface area contributed by atoms with Gasteiger partial charge < -0.3 is 15.4 Å². The average Bonchev–Trinajstić information content (AvgIpc) is 2.54. The third-order valence-electron chi connectivity index (χ3n) is 3.59. The van der Waals surface area contributed by atoms with E-state index in [9.17, 15) is 9.59 Å². The Kier molecular flexibility index (Phi) is 5.96. The minimum Gasteiger partial charge on any atom is -0.460 e. The van der Waals surface area contributed by atoms with Gasteiger partial charge in [-0.05, 0) is 42.8 Å². The van der Waals surface area contributed by atoms with Gasteiger partial charge in [-0.2, -0.15) is 0 Å². The van der Waals surface area contributed by atoms with Crippen LogP contribution in [0.2, 0.25) is 5.02 Å². The van der Waals surface area contributed by atoms with Crippen molar-refractivity contribution in [2.45, 2.75) is 26.8 Å². The van der Waals surface area contributed by atoms with Crippen molar-refractivity contribution >= 4 is 40.7 Å². The predicted octanol–water partition coefficient (Wildman–Crippen LogP) is 2.90. The van der Waals surface area contributed by atoms with Crippen LogP contribution < -0.4 is 10.6 Å². The molecule has 1 aliphatic rings. The number of halogens is 1. The first kappa shape index (κ1) is 18.4. The van der Waals surface area contributed by atoms with Crippen LogP contribution in [-0.2, 0) is 14.3 Å². The minimum atomic E-state index is -0.874. The van der Waals surface area contributed by atoms with Crippen LogP contribution in [0.4, 0.5) is 0 Å². The molecule has 0 unspecified atom stereocenters. The molecular weight excluding hydrogens is 348 g/mol. The second-order valence-electron chi connectivity index (χ2n) is 5.61. The predicted molar refractivity (Wildman–Crippen MR) is 96.6 cm³/mol. The minimum absolute atomic E-state index is 0.0202. The number of hydrogen-bond acceptors (Lipinski definition) is 4. The highest BCUT2D eigenvalue weighted by Crippen LogP contribution is 2.31. The van der Waals surface area contributed by atoms with Gasteiger partial charge in [0.25, 0.3) is 5.78 Å². The van der Waals surface area contributed by atoms with E-state index in [0.717, 1.165) is 5.56 Å². The zero-order chi connectivity index (χ0) is 17.9. The van der Waals surface area contributed by atoms with E-state index in [0.29, 0.717) is 21.4 Å². The van der Waals surface area contributed by atoms with Crippen LogP contribution in [0.15, 0.2) is 35.5 Å². The lowest BCUT2D eigenvalue weighted by atomic mass is 9.89. The maximum atomic E-state index is 12.7. The second kappa shape index (κ2) is 7.77. The number of Topliss-reactive ketones (excluding diaryl/α,β-unsaturated/α-hetero) is 1. The van der Waals surface area contributed by atoms with Crippen LogP contribution in [0.25, 0.3) is 0 Å². The number of thiocarbonyl (C=S) groups is 1. The molecule has 0 aliphatic carbocycles. The molecule has 128 valence electrons. The van der Waals surface area contributed by atoms with E-state index in [1.807, 2.05) is 13.8 Å². The number of allylic oxidation sites excluding steroid dienone is 1. The smallest absolute Gasteiger partial charge is 0.379 e. The number of ether oxygens (including phenoxy) is 1. The molecule has 2 rings (SSSR count). The van der Waals surface area contributed by atoms with E-state index in [1.54, 1.807) is 31.2 Å². The number of ketones is 1. The summed E-state index contributed by atoms with van der Waals surface area (Å²) in [5.41, 5.74) is 1.73. The van der Waals surface area contributed by atoms with Crippen LogP contribution in [-0.4, -0.2) is 23.5 Å². The molecule has 1 heterocycles. The number of hydrogen-bond donors (Lipinski definition) is 2. The number of nitrogens with one attached hydrogen (secondary N) is 2. The Morgan fingerprint density at radius 1 is 1.29 bits per heavy atom. The summed E-state index contributed by atoms with van der Waals surface area (Å²) in [6.07, 6.45) is 0. The largest absolute Gasteiger partial charge is 0.460 e. The highest BCUT2D eigenvalue weighted by Gasteiger charge is 2.35. The first-order chi connectivity index (χ1) is 11.3. The van der Waals surface area contributed by atoms with Gasteiger partial charge in [-0.3, -0.25) is 4.79 Å². The van der Waals surface area contributed by atoms with E-state index in [-0.39, 0.29) is 12.5 Å². The molecule has 24 heavy (non-hydrogen) atoms. The highest BCUT2D eigenvalue weighted by atomic mass is 35.5. The van der Waals surface area contributed by atoms with Crippen molar-refractivity contribution in [2.24, 2.45) is 5.92 Å². The van der Waals surface area contributed by atoms with Crippen molar-refractivity contribution < 1.29 is 14.3 Å². The third kappa shape index (κ3) is 3.94. The molecule has 7 heteroatoms. The third-order valence-corrected chi connectivity index (χ3v) is 4.06. The Balaban J connectivity index is 2.55. The summed E-state index contributed by atoms with van der Waals surface area (Å²) in [6, 6.07) is 6.51. The fourth-order valence-corrected chi connectivity index (χ4v) is 2.86. The van der Waals surface area contributed by atoms with Gasteiger partial charge in [0.15, 0.2) is 5.11 Å². The van der Waals surface area contributed by atoms with Gasteiger partial charge in [-0.1, -0.05) is 37.6 Å². The molecule has 2 N–H and O–H groups in total. The van der Waals surface area contributed by atoms with Crippen molar-refractivity contribution in [1.82, 2.24) is 10.6 Å². The first-order valence-corrected chi connectivity index (χ1v) is 8.42.